The largest absolute Gasteiger partial charge is 0.409 e. The summed E-state index contributed by atoms with van der Waals surface area (Å²) in [6.45, 7) is 0.313. The van der Waals surface area contributed by atoms with Gasteiger partial charge < -0.3 is 15.8 Å². The molecule has 3 N–H and O–H groups in total. The summed E-state index contributed by atoms with van der Waals surface area (Å²) in [6.07, 6.45) is 0. The molecule has 0 aromatic heterocycles. The van der Waals surface area contributed by atoms with Crippen LogP contribution in [0, 0.1) is 11.6 Å². The predicted octanol–water partition coefficient (Wildman–Crippen LogP) is 2.70. The Kier molecular flexibility index (Phi) is 4.37. The number of benzene rings is 2. The minimum Gasteiger partial charge on any atom is -0.409 e. The molecule has 6 heteroatoms. The molecule has 2 aromatic rings. The molecule has 0 aliphatic carbocycles. The third-order valence-electron chi connectivity index (χ3n) is 3.13. The van der Waals surface area contributed by atoms with Gasteiger partial charge in [0.1, 0.15) is 11.6 Å². The zero-order valence-corrected chi connectivity index (χ0v) is 11.4. The second-order valence-electron chi connectivity index (χ2n) is 4.62. The van der Waals surface area contributed by atoms with E-state index in [1.165, 1.54) is 18.2 Å². The number of nitrogens with two attached hydrogens (primary N) is 1. The van der Waals surface area contributed by atoms with Gasteiger partial charge in [-0.1, -0.05) is 17.3 Å². The minimum absolute atomic E-state index is 0.146. The van der Waals surface area contributed by atoms with Crippen LogP contribution in [0.2, 0.25) is 0 Å². The summed E-state index contributed by atoms with van der Waals surface area (Å²) in [5.41, 5.74) is 6.94. The molecule has 0 aliphatic rings. The summed E-state index contributed by atoms with van der Waals surface area (Å²) in [7, 11) is 1.78. The van der Waals surface area contributed by atoms with E-state index in [2.05, 4.69) is 5.16 Å². The molecule has 0 unspecified atom stereocenters. The van der Waals surface area contributed by atoms with Crippen LogP contribution in [-0.4, -0.2) is 18.1 Å². The minimum atomic E-state index is -0.451. The molecule has 0 saturated carbocycles. The highest BCUT2D eigenvalue weighted by molar-refractivity contribution is 5.97. The summed E-state index contributed by atoms with van der Waals surface area (Å²) in [6, 6.07) is 10.3. The Hall–Kier alpha value is -2.63. The molecule has 110 valence electrons. The van der Waals surface area contributed by atoms with E-state index in [1.807, 2.05) is 0 Å². The van der Waals surface area contributed by atoms with Crippen LogP contribution in [0.25, 0.3) is 0 Å². The average Bonchev–Trinajstić information content (AvgIpc) is 2.49. The predicted molar refractivity (Wildman–Crippen MR) is 77.4 cm³/mol. The van der Waals surface area contributed by atoms with Gasteiger partial charge in [-0.2, -0.15) is 0 Å². The summed E-state index contributed by atoms with van der Waals surface area (Å²) < 4.78 is 26.9. The summed E-state index contributed by atoms with van der Waals surface area (Å²) in [5.74, 6) is -0.915. The number of anilines is 1. The second kappa shape index (κ2) is 6.21. The number of oxime groups is 1. The Morgan fingerprint density at radius 1 is 1.19 bits per heavy atom. The van der Waals surface area contributed by atoms with Crippen LogP contribution in [0.15, 0.2) is 47.6 Å². The lowest BCUT2D eigenvalue weighted by Gasteiger charge is -2.20. The molecule has 0 spiro atoms. The Bertz CT molecular complexity index is 656. The van der Waals surface area contributed by atoms with E-state index in [4.69, 9.17) is 10.9 Å². The van der Waals surface area contributed by atoms with E-state index in [9.17, 15) is 8.78 Å². The molecule has 4 nitrogen and oxygen atoms in total. The normalized spacial score (nSPS) is 11.5. The molecule has 0 amide bonds. The summed E-state index contributed by atoms with van der Waals surface area (Å²) >= 11 is 0. The van der Waals surface area contributed by atoms with Crippen LogP contribution in [0.4, 0.5) is 14.5 Å². The molecule has 0 atom stereocenters. The number of hydrogen-bond donors (Lipinski definition) is 2. The van der Waals surface area contributed by atoms with Crippen molar-refractivity contribution in [1.82, 2.24) is 0 Å². The van der Waals surface area contributed by atoms with Gasteiger partial charge in [0, 0.05) is 30.4 Å². The third-order valence-corrected chi connectivity index (χ3v) is 3.13. The van der Waals surface area contributed by atoms with Gasteiger partial charge in [0.2, 0.25) is 0 Å². The highest BCUT2D eigenvalue weighted by Gasteiger charge is 2.09. The number of halogens is 2. The lowest BCUT2D eigenvalue weighted by molar-refractivity contribution is 0.318. The van der Waals surface area contributed by atoms with Gasteiger partial charge in [-0.25, -0.2) is 8.78 Å². The van der Waals surface area contributed by atoms with Crippen molar-refractivity contribution in [3.8, 4) is 0 Å². The fraction of sp³-hybridized carbons (Fsp3) is 0.133. The van der Waals surface area contributed by atoms with Gasteiger partial charge in [0.15, 0.2) is 5.84 Å². The van der Waals surface area contributed by atoms with Crippen molar-refractivity contribution in [2.75, 3.05) is 11.9 Å². The third kappa shape index (κ3) is 3.47. The van der Waals surface area contributed by atoms with Crippen molar-refractivity contribution in [2.45, 2.75) is 6.54 Å². The highest BCUT2D eigenvalue weighted by Crippen LogP contribution is 2.18. The zero-order chi connectivity index (χ0) is 15.4. The topological polar surface area (TPSA) is 61.8 Å². The Labute approximate surface area is 121 Å². The Morgan fingerprint density at radius 2 is 1.86 bits per heavy atom. The van der Waals surface area contributed by atoms with E-state index in [-0.39, 0.29) is 11.7 Å². The lowest BCUT2D eigenvalue weighted by atomic mass is 10.1. The SMILES string of the molecule is CN(Cc1ccc(C(N)=NO)cc1F)c1ccc(F)cc1. The fourth-order valence-electron chi connectivity index (χ4n) is 1.93. The van der Waals surface area contributed by atoms with Crippen molar-refractivity contribution in [3.63, 3.8) is 0 Å². The van der Waals surface area contributed by atoms with E-state index in [0.29, 0.717) is 17.7 Å². The molecule has 0 bridgehead atoms. The van der Waals surface area contributed by atoms with E-state index < -0.39 is 5.82 Å². The molecular weight excluding hydrogens is 276 g/mol. The number of hydrogen-bond acceptors (Lipinski definition) is 3. The van der Waals surface area contributed by atoms with Gasteiger partial charge >= 0.3 is 0 Å². The van der Waals surface area contributed by atoms with Gasteiger partial charge in [0.25, 0.3) is 0 Å². The molecule has 0 heterocycles. The number of rotatable bonds is 4. The van der Waals surface area contributed by atoms with Crippen LogP contribution >= 0.6 is 0 Å². The second-order valence-corrected chi connectivity index (χ2v) is 4.62. The smallest absolute Gasteiger partial charge is 0.170 e. The monoisotopic (exact) mass is 291 g/mol. The van der Waals surface area contributed by atoms with Crippen LogP contribution in [0.5, 0.6) is 0 Å². The lowest BCUT2D eigenvalue weighted by Crippen LogP contribution is -2.18. The molecule has 0 aliphatic heterocycles. The van der Waals surface area contributed by atoms with Gasteiger partial charge in [-0.05, 0) is 30.3 Å². The van der Waals surface area contributed by atoms with Crippen molar-refractivity contribution < 1.29 is 14.0 Å². The maximum Gasteiger partial charge on any atom is 0.170 e. The van der Waals surface area contributed by atoms with Crippen LogP contribution in [0.3, 0.4) is 0 Å². The van der Waals surface area contributed by atoms with Crippen LogP contribution < -0.4 is 10.6 Å². The van der Waals surface area contributed by atoms with Crippen molar-refractivity contribution >= 4 is 11.5 Å². The molecule has 2 aromatic carbocycles. The molecule has 0 radical (unpaired) electrons. The Balaban J connectivity index is 2.18. The highest BCUT2D eigenvalue weighted by atomic mass is 19.1. The van der Waals surface area contributed by atoms with Crippen LogP contribution in [0.1, 0.15) is 11.1 Å². The fourth-order valence-corrected chi connectivity index (χ4v) is 1.93. The Morgan fingerprint density at radius 3 is 2.43 bits per heavy atom. The number of amidine groups is 1. The van der Waals surface area contributed by atoms with Crippen molar-refractivity contribution in [2.24, 2.45) is 10.9 Å². The number of nitrogens with zero attached hydrogens (tertiary/aromatic N) is 2. The molecule has 21 heavy (non-hydrogen) atoms. The molecule has 0 saturated heterocycles. The first-order valence-corrected chi connectivity index (χ1v) is 6.24. The maximum absolute atomic E-state index is 14.0. The summed E-state index contributed by atoms with van der Waals surface area (Å²) in [5, 5.41) is 11.4. The van der Waals surface area contributed by atoms with E-state index in [0.717, 1.165) is 5.69 Å². The molecule has 0 fully saturated rings. The average molecular weight is 291 g/mol. The van der Waals surface area contributed by atoms with E-state index >= 15 is 0 Å². The van der Waals surface area contributed by atoms with E-state index in [1.54, 1.807) is 36.2 Å². The quantitative estimate of drug-likeness (QED) is 0.394. The van der Waals surface area contributed by atoms with Gasteiger partial charge in [-0.15, -0.1) is 0 Å². The zero-order valence-electron chi connectivity index (χ0n) is 11.4. The van der Waals surface area contributed by atoms with Gasteiger partial charge in [0.05, 0.1) is 0 Å². The van der Waals surface area contributed by atoms with Crippen LogP contribution in [-0.2, 0) is 6.54 Å². The van der Waals surface area contributed by atoms with Crippen molar-refractivity contribution in [3.05, 3.63) is 65.2 Å². The first kappa shape index (κ1) is 14.8. The first-order valence-electron chi connectivity index (χ1n) is 6.24. The molecule has 2 rings (SSSR count). The summed E-state index contributed by atoms with van der Waals surface area (Å²) in [4.78, 5) is 1.79. The standard InChI is InChI=1S/C15H15F2N3O/c1-20(13-6-4-12(16)5-7-13)9-11-3-2-10(8-14(11)17)15(18)19-21/h2-8,21H,9H2,1H3,(H2,18,19). The maximum atomic E-state index is 14.0. The first-order chi connectivity index (χ1) is 10.0. The molecular formula is C15H15F2N3O. The van der Waals surface area contributed by atoms with Gasteiger partial charge in [-0.3, -0.25) is 0 Å². The van der Waals surface area contributed by atoms with Crippen molar-refractivity contribution in [1.29, 1.82) is 0 Å².